The first-order valence-corrected chi connectivity index (χ1v) is 3.91. The van der Waals surface area contributed by atoms with E-state index in [1.54, 1.807) is 0 Å². The third-order valence-electron chi connectivity index (χ3n) is 1.03. The largest absolute Gasteiger partial charge is 0.467 e. The summed E-state index contributed by atoms with van der Waals surface area (Å²) in [5.74, 6) is -0.720. The number of hydrogen-bond donors (Lipinski definition) is 0. The van der Waals surface area contributed by atoms with Crippen molar-refractivity contribution in [2.75, 3.05) is 7.11 Å². The van der Waals surface area contributed by atoms with Crippen LogP contribution < -0.4 is 0 Å². The molecule has 0 radical (unpaired) electrons. The van der Waals surface area contributed by atoms with Gasteiger partial charge in [0.15, 0.2) is 12.3 Å². The Morgan fingerprint density at radius 3 is 2.80 bits per heavy atom. The second-order valence-electron chi connectivity index (χ2n) is 1.67. The summed E-state index contributed by atoms with van der Waals surface area (Å²) < 4.78 is 14.1. The Morgan fingerprint density at radius 2 is 2.40 bits per heavy atom. The summed E-state index contributed by atoms with van der Waals surface area (Å²) in [6.45, 7) is 0. The van der Waals surface area contributed by atoms with E-state index in [1.807, 2.05) is 0 Å². The van der Waals surface area contributed by atoms with Gasteiger partial charge in [-0.2, -0.15) is 0 Å². The topological polar surface area (TPSA) is 44.8 Å². The summed E-state index contributed by atoms with van der Waals surface area (Å²) in [5, 5.41) is 0. The van der Waals surface area contributed by atoms with Gasteiger partial charge in [-0.1, -0.05) is 0 Å². The molecule has 0 aliphatic carbocycles. The minimum atomic E-state index is -0.611. The highest BCUT2D eigenvalue weighted by molar-refractivity contribution is 7.90. The SMILES string of the molecule is COC(=O)C1OSOC1P. The Balaban J connectivity index is 2.46. The highest BCUT2D eigenvalue weighted by Gasteiger charge is 2.34. The fourth-order valence-electron chi connectivity index (χ4n) is 0.505. The van der Waals surface area contributed by atoms with E-state index in [0.717, 1.165) is 12.3 Å². The summed E-state index contributed by atoms with van der Waals surface area (Å²) in [4.78, 5) is 10.8. The first-order chi connectivity index (χ1) is 4.75. The van der Waals surface area contributed by atoms with Crippen molar-refractivity contribution in [2.24, 2.45) is 0 Å². The van der Waals surface area contributed by atoms with Gasteiger partial charge in [-0.15, -0.1) is 9.24 Å². The number of methoxy groups -OCH3 is 1. The molecule has 4 nitrogen and oxygen atoms in total. The van der Waals surface area contributed by atoms with Crippen LogP contribution in [0.2, 0.25) is 0 Å². The molecule has 1 saturated heterocycles. The standard InChI is InChI=1S/C4H7O4PS/c1-6-3(5)2-4(9)8-10-7-2/h2,4H,9H2,1H3. The molecule has 0 amide bonds. The zero-order valence-corrected chi connectivity index (χ0v) is 7.24. The number of hydrogen-bond acceptors (Lipinski definition) is 5. The maximum Gasteiger partial charge on any atom is 0.339 e. The lowest BCUT2D eigenvalue weighted by molar-refractivity contribution is -0.148. The van der Waals surface area contributed by atoms with Gasteiger partial charge in [0, 0.05) is 0 Å². The molecule has 3 unspecified atom stereocenters. The van der Waals surface area contributed by atoms with Crippen molar-refractivity contribution in [3.8, 4) is 0 Å². The van der Waals surface area contributed by atoms with Crippen molar-refractivity contribution in [3.05, 3.63) is 0 Å². The van der Waals surface area contributed by atoms with Crippen molar-refractivity contribution in [1.29, 1.82) is 0 Å². The van der Waals surface area contributed by atoms with Gasteiger partial charge in [0.25, 0.3) is 0 Å². The number of esters is 1. The molecule has 0 saturated carbocycles. The highest BCUT2D eigenvalue weighted by Crippen LogP contribution is 2.30. The molecule has 58 valence electrons. The number of carbonyl (C=O) groups is 1. The fourth-order valence-corrected chi connectivity index (χ4v) is 1.50. The molecular formula is C4H7O4PS. The number of ether oxygens (including phenoxy) is 1. The molecule has 3 atom stereocenters. The Hall–Kier alpha value is 0.170. The van der Waals surface area contributed by atoms with Crippen LogP contribution >= 0.6 is 21.6 Å². The average molecular weight is 182 g/mol. The Bertz CT molecular complexity index is 141. The van der Waals surface area contributed by atoms with E-state index in [2.05, 4.69) is 14.0 Å². The molecule has 1 fully saturated rings. The Labute approximate surface area is 65.2 Å². The van der Waals surface area contributed by atoms with Crippen molar-refractivity contribution < 1.29 is 17.9 Å². The van der Waals surface area contributed by atoms with Crippen LogP contribution in [0.1, 0.15) is 0 Å². The van der Waals surface area contributed by atoms with Crippen LogP contribution in [0.4, 0.5) is 0 Å². The lowest BCUT2D eigenvalue weighted by atomic mass is 10.4. The molecule has 6 heteroatoms. The fraction of sp³-hybridized carbons (Fsp3) is 0.750. The zero-order valence-electron chi connectivity index (χ0n) is 5.27. The molecule has 0 spiro atoms. The molecule has 1 aliphatic heterocycles. The number of carbonyl (C=O) groups excluding carboxylic acids is 1. The molecular weight excluding hydrogens is 175 g/mol. The monoisotopic (exact) mass is 182 g/mol. The van der Waals surface area contributed by atoms with Gasteiger partial charge in [0.05, 0.1) is 7.11 Å². The van der Waals surface area contributed by atoms with Crippen molar-refractivity contribution in [2.45, 2.75) is 11.9 Å². The molecule has 0 aromatic heterocycles. The van der Waals surface area contributed by atoms with E-state index in [-0.39, 0.29) is 5.85 Å². The van der Waals surface area contributed by atoms with E-state index in [9.17, 15) is 4.79 Å². The van der Waals surface area contributed by atoms with Crippen LogP contribution in [0.25, 0.3) is 0 Å². The second kappa shape index (κ2) is 3.53. The zero-order chi connectivity index (χ0) is 7.56. The minimum Gasteiger partial charge on any atom is -0.467 e. The predicted octanol–water partition coefficient (Wildman–Crippen LogP) is 0.339. The third-order valence-corrected chi connectivity index (χ3v) is 2.29. The first-order valence-electron chi connectivity index (χ1n) is 2.58. The average Bonchev–Trinajstić information content (AvgIpc) is 2.34. The third kappa shape index (κ3) is 1.61. The van der Waals surface area contributed by atoms with E-state index < -0.39 is 12.1 Å². The molecule has 1 rings (SSSR count). The summed E-state index contributed by atoms with van der Waals surface area (Å²) in [6.07, 6.45) is -0.611. The molecule has 1 heterocycles. The van der Waals surface area contributed by atoms with Crippen molar-refractivity contribution in [1.82, 2.24) is 0 Å². The maximum absolute atomic E-state index is 10.8. The molecule has 1 aliphatic rings. The van der Waals surface area contributed by atoms with Crippen LogP contribution in [0, 0.1) is 0 Å². The first kappa shape index (κ1) is 8.27. The Kier molecular flexibility index (Phi) is 2.92. The molecule has 0 aromatic carbocycles. The molecule has 10 heavy (non-hydrogen) atoms. The van der Waals surface area contributed by atoms with Gasteiger partial charge in [-0.25, -0.2) is 4.79 Å². The summed E-state index contributed by atoms with van der Waals surface area (Å²) in [7, 11) is 3.65. The summed E-state index contributed by atoms with van der Waals surface area (Å²) in [6, 6.07) is 0. The van der Waals surface area contributed by atoms with Gasteiger partial charge in [0.2, 0.25) is 6.10 Å². The quantitative estimate of drug-likeness (QED) is 0.332. The summed E-state index contributed by atoms with van der Waals surface area (Å²) in [5.41, 5.74) is 0. The predicted molar refractivity (Wildman–Crippen MR) is 39.1 cm³/mol. The van der Waals surface area contributed by atoms with Crippen LogP contribution in [0.3, 0.4) is 0 Å². The van der Waals surface area contributed by atoms with E-state index in [0.29, 0.717) is 0 Å². The molecule has 0 bridgehead atoms. The van der Waals surface area contributed by atoms with Crippen LogP contribution in [-0.4, -0.2) is 25.0 Å². The van der Waals surface area contributed by atoms with Gasteiger partial charge in [-0.3, -0.25) is 8.37 Å². The van der Waals surface area contributed by atoms with E-state index >= 15 is 0 Å². The lowest BCUT2D eigenvalue weighted by Gasteiger charge is -2.06. The Morgan fingerprint density at radius 1 is 1.70 bits per heavy atom. The maximum atomic E-state index is 10.8. The van der Waals surface area contributed by atoms with Gasteiger partial charge in [0.1, 0.15) is 5.85 Å². The minimum absolute atomic E-state index is 0.308. The van der Waals surface area contributed by atoms with Crippen molar-refractivity contribution in [3.63, 3.8) is 0 Å². The van der Waals surface area contributed by atoms with Crippen LogP contribution in [0.15, 0.2) is 0 Å². The lowest BCUT2D eigenvalue weighted by Crippen LogP contribution is -2.28. The van der Waals surface area contributed by atoms with Crippen molar-refractivity contribution >= 4 is 27.5 Å². The van der Waals surface area contributed by atoms with E-state index in [1.165, 1.54) is 7.11 Å². The van der Waals surface area contributed by atoms with Crippen LogP contribution in [-0.2, 0) is 17.9 Å². The van der Waals surface area contributed by atoms with E-state index in [4.69, 9.17) is 8.37 Å². The van der Waals surface area contributed by atoms with Gasteiger partial charge >= 0.3 is 5.97 Å². The normalized spacial score (nSPS) is 32.2. The molecule has 0 aromatic rings. The smallest absolute Gasteiger partial charge is 0.339 e. The second-order valence-corrected chi connectivity index (χ2v) is 2.85. The van der Waals surface area contributed by atoms with Gasteiger partial charge in [-0.05, 0) is 0 Å². The highest BCUT2D eigenvalue weighted by atomic mass is 32.2. The molecule has 0 N–H and O–H groups in total. The summed E-state index contributed by atoms with van der Waals surface area (Å²) >= 11 is 0.812. The number of rotatable bonds is 1. The van der Waals surface area contributed by atoms with Crippen LogP contribution in [0.5, 0.6) is 0 Å². The van der Waals surface area contributed by atoms with Gasteiger partial charge < -0.3 is 4.74 Å².